The molecule has 0 radical (unpaired) electrons. The van der Waals surface area contributed by atoms with Crippen molar-refractivity contribution in [3.05, 3.63) is 53.1 Å². The van der Waals surface area contributed by atoms with Crippen molar-refractivity contribution >= 4 is 45.0 Å². The van der Waals surface area contributed by atoms with Gasteiger partial charge in [0.25, 0.3) is 5.91 Å². The van der Waals surface area contributed by atoms with Gasteiger partial charge in [0.2, 0.25) is 10.0 Å². The molecular weight excluding hydrogens is 430 g/mol. The first-order valence-corrected chi connectivity index (χ1v) is 11.3. The van der Waals surface area contributed by atoms with Crippen LogP contribution >= 0.6 is 11.6 Å². The number of cyclic esters (lactones) is 1. The molecule has 8 nitrogen and oxygen atoms in total. The molecule has 0 aliphatic carbocycles. The number of carbonyl (C=O) groups excluding carboxylic acids is 2. The standard InChI is InChI=1S/C20H20ClN3O5S/c21-16-8-7-14(30(27,28)23-9-3-4-10-23)13-15(16)19(25)22-17-5-1-2-6-18(17)24-11-12-29-20(24)26/h1-2,5-8,13H,3-4,9-12H2,(H,22,25). The van der Waals surface area contributed by atoms with Gasteiger partial charge in [-0.15, -0.1) is 0 Å². The van der Waals surface area contributed by atoms with Crippen LogP contribution in [0, 0.1) is 0 Å². The number of amides is 2. The molecule has 2 aliphatic heterocycles. The SMILES string of the molecule is O=C(Nc1ccccc1N1CCOC1=O)c1cc(S(=O)(=O)N2CCCC2)ccc1Cl. The maximum Gasteiger partial charge on any atom is 0.414 e. The van der Waals surface area contributed by atoms with E-state index in [2.05, 4.69) is 5.32 Å². The lowest BCUT2D eigenvalue weighted by molar-refractivity contribution is 0.102. The van der Waals surface area contributed by atoms with Crippen molar-refractivity contribution in [3.63, 3.8) is 0 Å². The van der Waals surface area contributed by atoms with Gasteiger partial charge in [0.1, 0.15) is 6.61 Å². The third-order valence-electron chi connectivity index (χ3n) is 5.09. The molecular formula is C20H20ClN3O5S. The molecule has 0 spiro atoms. The lowest BCUT2D eigenvalue weighted by atomic mass is 10.2. The van der Waals surface area contributed by atoms with E-state index in [1.807, 2.05) is 0 Å². The second kappa shape index (κ2) is 8.25. The lowest BCUT2D eigenvalue weighted by Gasteiger charge is -2.19. The Morgan fingerprint density at radius 2 is 1.80 bits per heavy atom. The number of nitrogens with one attached hydrogen (secondary N) is 1. The summed E-state index contributed by atoms with van der Waals surface area (Å²) in [5, 5.41) is 2.86. The summed E-state index contributed by atoms with van der Waals surface area (Å²) in [7, 11) is -3.69. The number of hydrogen-bond acceptors (Lipinski definition) is 5. The zero-order valence-corrected chi connectivity index (χ0v) is 17.6. The summed E-state index contributed by atoms with van der Waals surface area (Å²) in [6, 6.07) is 10.9. The number of para-hydroxylation sites is 2. The van der Waals surface area contributed by atoms with Crippen LogP contribution in [-0.4, -0.2) is 51.0 Å². The molecule has 0 bridgehead atoms. The predicted octanol–water partition coefficient (Wildman–Crippen LogP) is 3.33. The van der Waals surface area contributed by atoms with Crippen LogP contribution in [0.1, 0.15) is 23.2 Å². The number of anilines is 2. The fraction of sp³-hybridized carbons (Fsp3) is 0.300. The molecule has 2 fully saturated rings. The molecule has 2 saturated heterocycles. The molecule has 1 N–H and O–H groups in total. The van der Waals surface area contributed by atoms with Crippen molar-refractivity contribution in [2.45, 2.75) is 17.7 Å². The zero-order valence-electron chi connectivity index (χ0n) is 16.0. The van der Waals surface area contributed by atoms with Gasteiger partial charge >= 0.3 is 6.09 Å². The van der Waals surface area contributed by atoms with Gasteiger partial charge in [-0.2, -0.15) is 4.31 Å². The van der Waals surface area contributed by atoms with E-state index in [0.717, 1.165) is 12.8 Å². The van der Waals surface area contributed by atoms with Gasteiger partial charge in [0, 0.05) is 13.1 Å². The molecule has 10 heteroatoms. The number of hydrogen-bond donors (Lipinski definition) is 1. The van der Waals surface area contributed by atoms with Gasteiger partial charge in [-0.05, 0) is 43.2 Å². The van der Waals surface area contributed by atoms with Gasteiger partial charge in [-0.1, -0.05) is 23.7 Å². The molecule has 2 aliphatic rings. The van der Waals surface area contributed by atoms with Crippen molar-refractivity contribution < 1.29 is 22.7 Å². The molecule has 158 valence electrons. The third-order valence-corrected chi connectivity index (χ3v) is 7.31. The molecule has 0 unspecified atom stereocenters. The van der Waals surface area contributed by atoms with E-state index >= 15 is 0 Å². The summed E-state index contributed by atoms with van der Waals surface area (Å²) in [6.45, 7) is 1.57. The smallest absolute Gasteiger partial charge is 0.414 e. The van der Waals surface area contributed by atoms with E-state index in [-0.39, 0.29) is 22.1 Å². The van der Waals surface area contributed by atoms with E-state index in [0.29, 0.717) is 31.0 Å². The molecule has 2 aromatic rings. The molecule has 30 heavy (non-hydrogen) atoms. The summed E-state index contributed by atoms with van der Waals surface area (Å²) in [4.78, 5) is 26.3. The summed E-state index contributed by atoms with van der Waals surface area (Å²) >= 11 is 6.20. The number of carbonyl (C=O) groups is 2. The topological polar surface area (TPSA) is 96.0 Å². The molecule has 0 aromatic heterocycles. The summed E-state index contributed by atoms with van der Waals surface area (Å²) < 4.78 is 32.0. The second-order valence-electron chi connectivity index (χ2n) is 6.99. The summed E-state index contributed by atoms with van der Waals surface area (Å²) in [6.07, 6.45) is 1.14. The number of sulfonamides is 1. The molecule has 4 rings (SSSR count). The number of rotatable bonds is 5. The monoisotopic (exact) mass is 449 g/mol. The Bertz CT molecular complexity index is 1100. The van der Waals surface area contributed by atoms with Gasteiger partial charge in [-0.25, -0.2) is 13.2 Å². The number of halogens is 1. The number of nitrogens with zero attached hydrogens (tertiary/aromatic N) is 2. The summed E-state index contributed by atoms with van der Waals surface area (Å²) in [5.41, 5.74) is 0.922. The highest BCUT2D eigenvalue weighted by molar-refractivity contribution is 7.89. The van der Waals surface area contributed by atoms with E-state index in [1.165, 1.54) is 27.4 Å². The highest BCUT2D eigenvalue weighted by Crippen LogP contribution is 2.30. The molecule has 2 heterocycles. The Hall–Kier alpha value is -2.62. The van der Waals surface area contributed by atoms with Crippen molar-refractivity contribution in [2.75, 3.05) is 36.5 Å². The molecule has 2 amide bonds. The van der Waals surface area contributed by atoms with Crippen molar-refractivity contribution in [1.82, 2.24) is 4.31 Å². The Morgan fingerprint density at radius 1 is 1.07 bits per heavy atom. The minimum Gasteiger partial charge on any atom is -0.447 e. The van der Waals surface area contributed by atoms with Crippen LogP contribution < -0.4 is 10.2 Å². The van der Waals surface area contributed by atoms with E-state index in [1.54, 1.807) is 24.3 Å². The van der Waals surface area contributed by atoms with Crippen molar-refractivity contribution in [1.29, 1.82) is 0 Å². The van der Waals surface area contributed by atoms with Crippen LogP contribution in [0.15, 0.2) is 47.4 Å². The van der Waals surface area contributed by atoms with E-state index in [4.69, 9.17) is 16.3 Å². The van der Waals surface area contributed by atoms with Crippen molar-refractivity contribution in [3.8, 4) is 0 Å². The van der Waals surface area contributed by atoms with Gasteiger partial charge in [0.05, 0.1) is 33.4 Å². The van der Waals surface area contributed by atoms with E-state index < -0.39 is 22.0 Å². The fourth-order valence-corrected chi connectivity index (χ4v) is 5.28. The quantitative estimate of drug-likeness (QED) is 0.755. The first kappa shape index (κ1) is 20.6. The highest BCUT2D eigenvalue weighted by atomic mass is 35.5. The first-order chi connectivity index (χ1) is 14.4. The Kier molecular flexibility index (Phi) is 5.68. The first-order valence-electron chi connectivity index (χ1n) is 9.52. The maximum absolute atomic E-state index is 12.9. The Balaban J connectivity index is 1.63. The minimum absolute atomic E-state index is 0.0235. The zero-order chi connectivity index (χ0) is 21.3. The predicted molar refractivity (Wildman–Crippen MR) is 113 cm³/mol. The van der Waals surface area contributed by atoms with Gasteiger partial charge in [0.15, 0.2) is 0 Å². The fourth-order valence-electron chi connectivity index (χ4n) is 3.53. The van der Waals surface area contributed by atoms with Gasteiger partial charge < -0.3 is 10.1 Å². The minimum atomic E-state index is -3.69. The van der Waals surface area contributed by atoms with Crippen LogP contribution in [0.4, 0.5) is 16.2 Å². The molecule has 0 saturated carbocycles. The van der Waals surface area contributed by atoms with Crippen LogP contribution in [0.3, 0.4) is 0 Å². The van der Waals surface area contributed by atoms with Gasteiger partial charge in [-0.3, -0.25) is 9.69 Å². The van der Waals surface area contributed by atoms with Crippen LogP contribution in [0.25, 0.3) is 0 Å². The highest BCUT2D eigenvalue weighted by Gasteiger charge is 2.29. The van der Waals surface area contributed by atoms with Crippen LogP contribution in [0.2, 0.25) is 5.02 Å². The average Bonchev–Trinajstić information content (AvgIpc) is 3.41. The number of ether oxygens (including phenoxy) is 1. The average molecular weight is 450 g/mol. The maximum atomic E-state index is 12.9. The van der Waals surface area contributed by atoms with Crippen molar-refractivity contribution in [2.24, 2.45) is 0 Å². The van der Waals surface area contributed by atoms with Crippen LogP contribution in [0.5, 0.6) is 0 Å². The third kappa shape index (κ3) is 3.88. The number of benzene rings is 2. The lowest BCUT2D eigenvalue weighted by Crippen LogP contribution is -2.28. The normalized spacial score (nSPS) is 17.2. The van der Waals surface area contributed by atoms with Crippen LogP contribution in [-0.2, 0) is 14.8 Å². The second-order valence-corrected chi connectivity index (χ2v) is 9.34. The summed E-state index contributed by atoms with van der Waals surface area (Å²) in [5.74, 6) is -0.571. The van der Waals surface area contributed by atoms with E-state index in [9.17, 15) is 18.0 Å². The molecule has 0 atom stereocenters. The Morgan fingerprint density at radius 3 is 2.50 bits per heavy atom. The largest absolute Gasteiger partial charge is 0.447 e. The Labute approximate surface area is 179 Å². The molecule has 2 aromatic carbocycles.